The Hall–Kier alpha value is -2.88. The van der Waals surface area contributed by atoms with Gasteiger partial charge in [-0.2, -0.15) is 0 Å². The number of amides is 1. The minimum atomic E-state index is 0.344. The molecule has 154 valence electrons. The number of hydrogen-bond acceptors (Lipinski definition) is 3. The van der Waals surface area contributed by atoms with Crippen LogP contribution in [0.4, 0.5) is 0 Å². The van der Waals surface area contributed by atoms with E-state index in [0.29, 0.717) is 17.7 Å². The summed E-state index contributed by atoms with van der Waals surface area (Å²) in [7, 11) is 1.72. The van der Waals surface area contributed by atoms with Crippen LogP contribution >= 0.6 is 0 Å². The van der Waals surface area contributed by atoms with Crippen LogP contribution in [0, 0.1) is 11.8 Å². The Morgan fingerprint density at radius 2 is 1.83 bits per heavy atom. The molecule has 2 aliphatic rings. The highest BCUT2D eigenvalue weighted by molar-refractivity contribution is 5.88. The lowest BCUT2D eigenvalue weighted by atomic mass is 9.89. The number of aromatic nitrogens is 1. The van der Waals surface area contributed by atoms with Gasteiger partial charge in [0.2, 0.25) is 5.91 Å². The van der Waals surface area contributed by atoms with Gasteiger partial charge in [-0.25, -0.2) is 0 Å². The monoisotopic (exact) mass is 400 g/mol. The molecule has 3 aromatic rings. The second-order valence-corrected chi connectivity index (χ2v) is 8.69. The summed E-state index contributed by atoms with van der Waals surface area (Å²) in [6.45, 7) is 1.86. The summed E-state index contributed by atoms with van der Waals surface area (Å²) < 4.78 is 5.65. The zero-order valence-corrected chi connectivity index (χ0v) is 17.5. The van der Waals surface area contributed by atoms with E-state index in [1.165, 1.54) is 5.56 Å². The van der Waals surface area contributed by atoms with Gasteiger partial charge in [-0.05, 0) is 67.3 Å². The molecule has 1 amide bonds. The Bertz CT molecular complexity index is 1050. The molecule has 1 aliphatic heterocycles. The van der Waals surface area contributed by atoms with E-state index in [0.717, 1.165) is 73.0 Å². The molecule has 1 saturated carbocycles. The van der Waals surface area contributed by atoms with Gasteiger partial charge in [-0.15, -0.1) is 0 Å². The van der Waals surface area contributed by atoms with Crippen molar-refractivity contribution in [1.29, 1.82) is 0 Å². The van der Waals surface area contributed by atoms with E-state index in [9.17, 15) is 4.79 Å². The molecule has 1 saturated heterocycles. The maximum atomic E-state index is 12.2. The molecule has 5 rings (SSSR count). The van der Waals surface area contributed by atoms with E-state index in [-0.39, 0.29) is 0 Å². The highest BCUT2D eigenvalue weighted by atomic mass is 16.5. The standard InChI is InChI=1S/C26H28N2O2/c1-30-25-16-22-3-2-12-27-24(22)17-23(25)20-6-4-18(5-7-20)15-19-10-13-28(14-11-19)26(29)21-8-9-21/h2-7,12,16-17,19,21H,8-11,13-15H2,1H3. The van der Waals surface area contributed by atoms with Crippen LogP contribution in [-0.4, -0.2) is 36.0 Å². The van der Waals surface area contributed by atoms with Crippen molar-refractivity contribution in [2.75, 3.05) is 20.2 Å². The lowest BCUT2D eigenvalue weighted by Gasteiger charge is -2.32. The van der Waals surface area contributed by atoms with Crippen molar-refractivity contribution in [2.24, 2.45) is 11.8 Å². The molecule has 0 N–H and O–H groups in total. The molecular weight excluding hydrogens is 372 g/mol. The number of pyridine rings is 1. The number of methoxy groups -OCH3 is 1. The van der Waals surface area contributed by atoms with Crippen LogP contribution < -0.4 is 4.74 Å². The van der Waals surface area contributed by atoms with E-state index in [1.54, 1.807) is 7.11 Å². The number of nitrogens with zero attached hydrogens (tertiary/aromatic N) is 2. The molecule has 1 aliphatic carbocycles. The highest BCUT2D eigenvalue weighted by Gasteiger charge is 2.34. The van der Waals surface area contributed by atoms with Crippen LogP contribution in [-0.2, 0) is 11.2 Å². The fourth-order valence-corrected chi connectivity index (χ4v) is 4.59. The van der Waals surface area contributed by atoms with Crippen LogP contribution in [0.5, 0.6) is 5.75 Å². The van der Waals surface area contributed by atoms with Gasteiger partial charge in [-0.1, -0.05) is 30.3 Å². The van der Waals surface area contributed by atoms with E-state index in [2.05, 4.69) is 52.3 Å². The van der Waals surface area contributed by atoms with Crippen molar-refractivity contribution in [2.45, 2.75) is 32.1 Å². The minimum Gasteiger partial charge on any atom is -0.496 e. The van der Waals surface area contributed by atoms with Crippen LogP contribution in [0.25, 0.3) is 22.0 Å². The topological polar surface area (TPSA) is 42.4 Å². The summed E-state index contributed by atoms with van der Waals surface area (Å²) in [5.41, 5.74) is 4.56. The van der Waals surface area contributed by atoms with Gasteiger partial charge in [0.1, 0.15) is 5.75 Å². The summed E-state index contributed by atoms with van der Waals surface area (Å²) in [6, 6.07) is 17.0. The molecule has 2 fully saturated rings. The molecule has 0 unspecified atom stereocenters. The summed E-state index contributed by atoms with van der Waals surface area (Å²) in [5.74, 6) is 2.28. The van der Waals surface area contributed by atoms with Gasteiger partial charge in [-0.3, -0.25) is 9.78 Å². The molecule has 0 atom stereocenters. The van der Waals surface area contributed by atoms with Crippen LogP contribution in [0.15, 0.2) is 54.7 Å². The van der Waals surface area contributed by atoms with E-state index in [4.69, 9.17) is 4.74 Å². The van der Waals surface area contributed by atoms with Crippen molar-refractivity contribution in [3.05, 3.63) is 60.3 Å². The molecule has 0 bridgehead atoms. The largest absolute Gasteiger partial charge is 0.496 e. The fraction of sp³-hybridized carbons (Fsp3) is 0.385. The first-order chi connectivity index (χ1) is 14.7. The quantitative estimate of drug-likeness (QED) is 0.598. The minimum absolute atomic E-state index is 0.344. The number of carbonyl (C=O) groups excluding carboxylic acids is 1. The first-order valence-electron chi connectivity index (χ1n) is 11.0. The Balaban J connectivity index is 1.27. The number of hydrogen-bond donors (Lipinski definition) is 0. The molecule has 0 spiro atoms. The zero-order chi connectivity index (χ0) is 20.5. The maximum absolute atomic E-state index is 12.2. The number of benzene rings is 2. The predicted molar refractivity (Wildman–Crippen MR) is 119 cm³/mol. The Labute approximate surface area is 177 Å². The summed E-state index contributed by atoms with van der Waals surface area (Å²) in [6.07, 6.45) is 7.34. The van der Waals surface area contributed by atoms with Gasteiger partial charge < -0.3 is 9.64 Å². The van der Waals surface area contributed by atoms with Gasteiger partial charge in [0.15, 0.2) is 0 Å². The second kappa shape index (κ2) is 8.10. The molecule has 1 aromatic heterocycles. The van der Waals surface area contributed by atoms with Gasteiger partial charge in [0.25, 0.3) is 0 Å². The van der Waals surface area contributed by atoms with Crippen LogP contribution in [0.3, 0.4) is 0 Å². The second-order valence-electron chi connectivity index (χ2n) is 8.69. The number of carbonyl (C=O) groups is 1. The molecule has 4 heteroatoms. The van der Waals surface area contributed by atoms with Gasteiger partial charge in [0, 0.05) is 36.2 Å². The normalized spacial score (nSPS) is 17.3. The molecular formula is C26H28N2O2. The average Bonchev–Trinajstić information content (AvgIpc) is 3.64. The van der Waals surface area contributed by atoms with Crippen molar-refractivity contribution < 1.29 is 9.53 Å². The molecule has 30 heavy (non-hydrogen) atoms. The van der Waals surface area contributed by atoms with Crippen molar-refractivity contribution in [1.82, 2.24) is 9.88 Å². The SMILES string of the molecule is COc1cc2cccnc2cc1-c1ccc(CC2CCN(C(=O)C3CC3)CC2)cc1. The van der Waals surface area contributed by atoms with Crippen LogP contribution in [0.1, 0.15) is 31.2 Å². The molecule has 0 radical (unpaired) electrons. The zero-order valence-electron chi connectivity index (χ0n) is 17.5. The lowest BCUT2D eigenvalue weighted by molar-refractivity contribution is -0.133. The van der Waals surface area contributed by atoms with E-state index in [1.807, 2.05) is 12.3 Å². The number of rotatable bonds is 5. The fourth-order valence-electron chi connectivity index (χ4n) is 4.59. The Kier molecular flexibility index (Phi) is 5.16. The maximum Gasteiger partial charge on any atom is 0.225 e. The Morgan fingerprint density at radius 3 is 2.53 bits per heavy atom. The average molecular weight is 401 g/mol. The highest BCUT2D eigenvalue weighted by Crippen LogP contribution is 2.35. The third-order valence-corrected chi connectivity index (χ3v) is 6.57. The van der Waals surface area contributed by atoms with Gasteiger partial charge in [0.05, 0.1) is 12.6 Å². The predicted octanol–water partition coefficient (Wildman–Crippen LogP) is 5.10. The molecule has 2 heterocycles. The Morgan fingerprint density at radius 1 is 1.07 bits per heavy atom. The van der Waals surface area contributed by atoms with E-state index < -0.39 is 0 Å². The molecule has 2 aromatic carbocycles. The number of likely N-dealkylation sites (tertiary alicyclic amines) is 1. The first-order valence-corrected chi connectivity index (χ1v) is 11.0. The summed E-state index contributed by atoms with van der Waals surface area (Å²) in [4.78, 5) is 18.8. The number of ether oxygens (including phenoxy) is 1. The van der Waals surface area contributed by atoms with Gasteiger partial charge >= 0.3 is 0 Å². The van der Waals surface area contributed by atoms with Crippen molar-refractivity contribution in [3.63, 3.8) is 0 Å². The lowest BCUT2D eigenvalue weighted by Crippen LogP contribution is -2.39. The van der Waals surface area contributed by atoms with Crippen molar-refractivity contribution in [3.8, 4) is 16.9 Å². The summed E-state index contributed by atoms with van der Waals surface area (Å²) >= 11 is 0. The summed E-state index contributed by atoms with van der Waals surface area (Å²) in [5, 5.41) is 1.08. The third-order valence-electron chi connectivity index (χ3n) is 6.57. The third kappa shape index (κ3) is 3.91. The van der Waals surface area contributed by atoms with Crippen molar-refractivity contribution >= 4 is 16.8 Å². The first kappa shape index (κ1) is 19.1. The van der Waals surface area contributed by atoms with E-state index >= 15 is 0 Å². The van der Waals surface area contributed by atoms with Crippen LogP contribution in [0.2, 0.25) is 0 Å². The number of fused-ring (bicyclic) bond motifs is 1. The molecule has 4 nitrogen and oxygen atoms in total. The smallest absolute Gasteiger partial charge is 0.225 e. The number of piperidine rings is 1.